The fraction of sp³-hybridized carbons (Fsp3) is 0.556. The topological polar surface area (TPSA) is 82.4 Å². The molecule has 0 aliphatic heterocycles. The minimum atomic E-state index is -2.93. The second kappa shape index (κ2) is 9.86. The summed E-state index contributed by atoms with van der Waals surface area (Å²) in [6.07, 6.45) is 4.45. The van der Waals surface area contributed by atoms with Gasteiger partial charge in [-0.3, -0.25) is 4.79 Å². The third-order valence-electron chi connectivity index (χ3n) is 4.75. The molecule has 1 aliphatic carbocycles. The molecule has 2 aromatic rings. The zero-order valence-corrected chi connectivity index (χ0v) is 17.1. The average Bonchev–Trinajstić information content (AvgIpc) is 3.38. The highest BCUT2D eigenvalue weighted by Crippen LogP contribution is 2.32. The lowest BCUT2D eigenvalue weighted by atomic mass is 10.2. The summed E-state index contributed by atoms with van der Waals surface area (Å²) < 4.78 is 36.2. The summed E-state index contributed by atoms with van der Waals surface area (Å²) in [6, 6.07) is 4.91. The molecule has 0 unspecified atom stereocenters. The van der Waals surface area contributed by atoms with Gasteiger partial charge in [0, 0.05) is 13.6 Å². The van der Waals surface area contributed by atoms with Crippen molar-refractivity contribution in [2.75, 3.05) is 19.9 Å². The van der Waals surface area contributed by atoms with Crippen molar-refractivity contribution in [3.63, 3.8) is 0 Å². The maximum Gasteiger partial charge on any atom is 0.387 e. The van der Waals surface area contributed by atoms with E-state index < -0.39 is 6.61 Å². The Morgan fingerprint density at radius 2 is 2.10 bits per heavy atom. The van der Waals surface area contributed by atoms with E-state index in [-0.39, 0.29) is 23.2 Å². The number of hydrogen-bond acceptors (Lipinski definition) is 7. The monoisotopic (exact) mass is 427 g/mol. The zero-order valence-electron chi connectivity index (χ0n) is 16.3. The molecule has 158 valence electrons. The smallest absolute Gasteiger partial charge is 0.387 e. The van der Waals surface area contributed by atoms with Crippen LogP contribution < -0.4 is 9.47 Å². The van der Waals surface area contributed by atoms with Gasteiger partial charge >= 0.3 is 6.61 Å². The van der Waals surface area contributed by atoms with E-state index in [0.29, 0.717) is 17.7 Å². The van der Waals surface area contributed by atoms with Gasteiger partial charge in [0.05, 0.1) is 18.9 Å². The molecule has 1 heterocycles. The molecule has 0 radical (unpaired) electrons. The van der Waals surface area contributed by atoms with Crippen molar-refractivity contribution in [1.29, 1.82) is 0 Å². The highest BCUT2D eigenvalue weighted by atomic mass is 32.2. The summed E-state index contributed by atoms with van der Waals surface area (Å²) in [7, 11) is 3.05. The van der Waals surface area contributed by atoms with Crippen molar-refractivity contribution >= 4 is 17.7 Å². The third kappa shape index (κ3) is 5.55. The molecule has 11 heteroatoms. The summed E-state index contributed by atoms with van der Waals surface area (Å²) in [5.74, 6) is 0.249. The first-order chi connectivity index (χ1) is 14.0. The zero-order chi connectivity index (χ0) is 20.8. The molecule has 8 nitrogen and oxygen atoms in total. The van der Waals surface area contributed by atoms with Crippen LogP contribution in [0.5, 0.6) is 11.5 Å². The predicted octanol–water partition coefficient (Wildman–Crippen LogP) is 3.15. The van der Waals surface area contributed by atoms with Crippen LogP contribution in [0.1, 0.15) is 37.3 Å². The van der Waals surface area contributed by atoms with Gasteiger partial charge in [0.25, 0.3) is 0 Å². The van der Waals surface area contributed by atoms with E-state index in [1.54, 1.807) is 24.1 Å². The maximum absolute atomic E-state index is 12.5. The fourth-order valence-corrected chi connectivity index (χ4v) is 4.15. The van der Waals surface area contributed by atoms with Gasteiger partial charge in [-0.2, -0.15) is 8.78 Å². The summed E-state index contributed by atoms with van der Waals surface area (Å²) >= 11 is 1.31. The van der Waals surface area contributed by atoms with Gasteiger partial charge in [-0.25, -0.2) is 4.68 Å². The molecule has 29 heavy (non-hydrogen) atoms. The number of carbonyl (C=O) groups excluding carboxylic acids is 1. The molecule has 1 aliphatic rings. The number of aromatic nitrogens is 4. The second-order valence-electron chi connectivity index (χ2n) is 6.75. The molecular formula is C18H23F2N5O3S. The lowest BCUT2D eigenvalue weighted by molar-refractivity contribution is -0.127. The Labute approximate surface area is 171 Å². The van der Waals surface area contributed by atoms with Crippen LogP contribution in [0.25, 0.3) is 0 Å². The number of benzene rings is 1. The number of alkyl halides is 2. The molecule has 1 saturated carbocycles. The first kappa shape index (κ1) is 21.3. The number of rotatable bonds is 9. The molecule has 1 amide bonds. The van der Waals surface area contributed by atoms with Gasteiger partial charge in [0.2, 0.25) is 11.1 Å². The largest absolute Gasteiger partial charge is 0.493 e. The molecular weight excluding hydrogens is 404 g/mol. The number of nitrogens with zero attached hydrogens (tertiary/aromatic N) is 5. The van der Waals surface area contributed by atoms with E-state index in [0.717, 1.165) is 18.4 Å². The molecule has 0 bridgehead atoms. The second-order valence-corrected chi connectivity index (χ2v) is 7.69. The van der Waals surface area contributed by atoms with Crippen molar-refractivity contribution in [3.8, 4) is 11.5 Å². The third-order valence-corrected chi connectivity index (χ3v) is 5.67. The molecule has 1 fully saturated rings. The summed E-state index contributed by atoms with van der Waals surface area (Å²) in [5.41, 5.74) is 0.736. The molecule has 0 atom stereocenters. The first-order valence-electron chi connectivity index (χ1n) is 9.24. The van der Waals surface area contributed by atoms with Crippen molar-refractivity contribution < 1.29 is 23.0 Å². The van der Waals surface area contributed by atoms with Crippen LogP contribution in [-0.2, 0) is 11.3 Å². The molecule has 1 aromatic carbocycles. The van der Waals surface area contributed by atoms with E-state index in [4.69, 9.17) is 4.74 Å². The van der Waals surface area contributed by atoms with Crippen molar-refractivity contribution in [3.05, 3.63) is 23.8 Å². The lowest BCUT2D eigenvalue weighted by Gasteiger charge is -2.18. The fourth-order valence-electron chi connectivity index (χ4n) is 3.26. The predicted molar refractivity (Wildman–Crippen MR) is 102 cm³/mol. The first-order valence-corrected chi connectivity index (χ1v) is 10.2. The maximum atomic E-state index is 12.5. The van der Waals surface area contributed by atoms with Gasteiger partial charge < -0.3 is 14.4 Å². The number of tetrazole rings is 1. The minimum Gasteiger partial charge on any atom is -0.493 e. The highest BCUT2D eigenvalue weighted by molar-refractivity contribution is 7.99. The van der Waals surface area contributed by atoms with Crippen molar-refractivity contribution in [2.24, 2.45) is 0 Å². The molecule has 1 aromatic heterocycles. The van der Waals surface area contributed by atoms with Crippen molar-refractivity contribution in [1.82, 2.24) is 25.1 Å². The van der Waals surface area contributed by atoms with Gasteiger partial charge in [0.1, 0.15) is 0 Å². The van der Waals surface area contributed by atoms with Crippen LogP contribution >= 0.6 is 11.8 Å². The Morgan fingerprint density at radius 1 is 1.34 bits per heavy atom. The number of thioether (sulfide) groups is 1. The summed E-state index contributed by atoms with van der Waals surface area (Å²) in [6.45, 7) is -2.63. The quantitative estimate of drug-likeness (QED) is 0.569. The number of methoxy groups -OCH3 is 1. The molecule has 0 saturated heterocycles. The molecule has 3 rings (SSSR count). The summed E-state index contributed by atoms with van der Waals surface area (Å²) in [4.78, 5) is 14.1. The highest BCUT2D eigenvalue weighted by Gasteiger charge is 2.22. The lowest BCUT2D eigenvalue weighted by Crippen LogP contribution is -2.28. The SMILES string of the molecule is COc1cc(CN(C)C(=O)CSc2nnnn2C2CCCC2)ccc1OC(F)F. The standard InChI is InChI=1S/C18H23F2N5O3S/c1-24(10-12-7-8-14(28-17(19)20)15(9-12)27-2)16(26)11-29-18-21-22-23-25(18)13-5-3-4-6-13/h7-9,13,17H,3-6,10-11H2,1-2H3. The number of amides is 1. The Morgan fingerprint density at radius 3 is 2.79 bits per heavy atom. The van der Waals surface area contributed by atoms with Crippen LogP contribution in [0.15, 0.2) is 23.4 Å². The van der Waals surface area contributed by atoms with Crippen LogP contribution in [0, 0.1) is 0 Å². The van der Waals surface area contributed by atoms with Gasteiger partial charge in [-0.15, -0.1) is 5.10 Å². The number of hydrogen-bond donors (Lipinski definition) is 0. The van der Waals surface area contributed by atoms with Gasteiger partial charge in [0.15, 0.2) is 11.5 Å². The Hall–Kier alpha value is -2.43. The van der Waals surface area contributed by atoms with E-state index in [2.05, 4.69) is 20.3 Å². The van der Waals surface area contributed by atoms with E-state index >= 15 is 0 Å². The average molecular weight is 427 g/mol. The van der Waals surface area contributed by atoms with E-state index in [1.165, 1.54) is 37.8 Å². The van der Waals surface area contributed by atoms with E-state index in [9.17, 15) is 13.6 Å². The Kier molecular flexibility index (Phi) is 7.24. The molecule has 0 N–H and O–H groups in total. The Bertz CT molecular complexity index is 830. The van der Waals surface area contributed by atoms with Crippen LogP contribution in [-0.4, -0.2) is 57.5 Å². The van der Waals surface area contributed by atoms with Crippen LogP contribution in [0.4, 0.5) is 8.78 Å². The number of ether oxygens (including phenoxy) is 2. The molecule has 0 spiro atoms. The van der Waals surface area contributed by atoms with Crippen LogP contribution in [0.3, 0.4) is 0 Å². The van der Waals surface area contributed by atoms with E-state index in [1.807, 2.05) is 4.68 Å². The van der Waals surface area contributed by atoms with Crippen molar-refractivity contribution in [2.45, 2.75) is 50.0 Å². The summed E-state index contributed by atoms with van der Waals surface area (Å²) in [5, 5.41) is 12.5. The minimum absolute atomic E-state index is 0.0467. The number of halogens is 2. The normalized spacial score (nSPS) is 14.4. The number of carbonyl (C=O) groups is 1. The Balaban J connectivity index is 1.56. The van der Waals surface area contributed by atoms with Crippen LogP contribution in [0.2, 0.25) is 0 Å². The van der Waals surface area contributed by atoms with Gasteiger partial charge in [-0.05, 0) is 41.0 Å². The van der Waals surface area contributed by atoms with Gasteiger partial charge in [-0.1, -0.05) is 30.7 Å².